The number of hydrogen-bond donors (Lipinski definition) is 2. The Morgan fingerprint density at radius 1 is 1.26 bits per heavy atom. The average Bonchev–Trinajstić information content (AvgIpc) is 3.33. The molecule has 1 aromatic rings. The lowest BCUT2D eigenvalue weighted by molar-refractivity contribution is -0.140. The van der Waals surface area contributed by atoms with Crippen molar-refractivity contribution in [3.8, 4) is 0 Å². The van der Waals surface area contributed by atoms with Gasteiger partial charge in [-0.1, -0.05) is 12.1 Å². The van der Waals surface area contributed by atoms with Gasteiger partial charge in [0.15, 0.2) is 0 Å². The second kappa shape index (κ2) is 8.19. The second-order valence-electron chi connectivity index (χ2n) is 8.06. The molecule has 2 aliphatic rings. The molecule has 2 N–H and O–H groups in total. The van der Waals surface area contributed by atoms with Gasteiger partial charge in [-0.2, -0.15) is 13.2 Å². The quantitative estimate of drug-likeness (QED) is 0.684. The van der Waals surface area contributed by atoms with E-state index in [1.54, 1.807) is 0 Å². The van der Waals surface area contributed by atoms with E-state index in [4.69, 9.17) is 5.11 Å². The van der Waals surface area contributed by atoms with Gasteiger partial charge in [-0.3, -0.25) is 9.69 Å². The SMILES string of the molecule is CC(Cc1ccc(C(F)(F)F)cc1)NC1CC(N(CC(=O)O)CC2CC2)C1. The molecule has 1 atom stereocenters. The number of halogens is 3. The summed E-state index contributed by atoms with van der Waals surface area (Å²) in [6.07, 6.45) is 0.629. The van der Waals surface area contributed by atoms with Crippen LogP contribution in [0.25, 0.3) is 0 Å². The first-order valence-electron chi connectivity index (χ1n) is 9.58. The van der Waals surface area contributed by atoms with Crippen molar-refractivity contribution >= 4 is 5.97 Å². The fourth-order valence-electron chi connectivity index (χ4n) is 3.82. The van der Waals surface area contributed by atoms with Gasteiger partial charge in [0.2, 0.25) is 0 Å². The van der Waals surface area contributed by atoms with Crippen LogP contribution < -0.4 is 5.32 Å². The first-order chi connectivity index (χ1) is 12.7. The summed E-state index contributed by atoms with van der Waals surface area (Å²) in [5.41, 5.74) is 0.253. The number of hydrogen-bond acceptors (Lipinski definition) is 3. The van der Waals surface area contributed by atoms with Gasteiger partial charge >= 0.3 is 12.1 Å². The molecule has 1 unspecified atom stereocenters. The number of benzene rings is 1. The Labute approximate surface area is 157 Å². The van der Waals surface area contributed by atoms with Crippen molar-refractivity contribution in [1.29, 1.82) is 0 Å². The summed E-state index contributed by atoms with van der Waals surface area (Å²) in [7, 11) is 0. The van der Waals surface area contributed by atoms with Crippen LogP contribution in [0.3, 0.4) is 0 Å². The Hall–Kier alpha value is -1.60. The number of carboxylic acids is 1. The second-order valence-corrected chi connectivity index (χ2v) is 8.06. The van der Waals surface area contributed by atoms with Gasteiger partial charge in [-0.05, 0) is 62.6 Å². The molecule has 0 amide bonds. The van der Waals surface area contributed by atoms with Crippen LogP contribution in [0, 0.1) is 5.92 Å². The smallest absolute Gasteiger partial charge is 0.416 e. The minimum Gasteiger partial charge on any atom is -0.480 e. The zero-order valence-corrected chi connectivity index (χ0v) is 15.5. The zero-order chi connectivity index (χ0) is 19.6. The fraction of sp³-hybridized carbons (Fsp3) is 0.650. The molecule has 2 saturated carbocycles. The van der Waals surface area contributed by atoms with Crippen LogP contribution in [0.15, 0.2) is 24.3 Å². The molecule has 27 heavy (non-hydrogen) atoms. The molecule has 1 aromatic carbocycles. The summed E-state index contributed by atoms with van der Waals surface area (Å²) < 4.78 is 37.9. The van der Waals surface area contributed by atoms with E-state index in [2.05, 4.69) is 10.2 Å². The Balaban J connectivity index is 1.42. The number of carboxylic acid groups (broad SMARTS) is 1. The number of rotatable bonds is 9. The van der Waals surface area contributed by atoms with Crippen LogP contribution in [-0.4, -0.2) is 47.2 Å². The van der Waals surface area contributed by atoms with Crippen LogP contribution in [0.4, 0.5) is 13.2 Å². The Morgan fingerprint density at radius 3 is 2.41 bits per heavy atom. The maximum absolute atomic E-state index is 12.6. The lowest BCUT2D eigenvalue weighted by Crippen LogP contribution is -2.56. The molecule has 3 rings (SSSR count). The fourth-order valence-corrected chi connectivity index (χ4v) is 3.82. The molecule has 2 fully saturated rings. The van der Waals surface area contributed by atoms with Crippen LogP contribution in [0.2, 0.25) is 0 Å². The molecular weight excluding hydrogens is 357 g/mol. The van der Waals surface area contributed by atoms with E-state index in [1.165, 1.54) is 25.0 Å². The Kier molecular flexibility index (Phi) is 6.11. The molecule has 0 aliphatic heterocycles. The van der Waals surface area contributed by atoms with Crippen molar-refractivity contribution < 1.29 is 23.1 Å². The summed E-state index contributed by atoms with van der Waals surface area (Å²) >= 11 is 0. The van der Waals surface area contributed by atoms with Gasteiger partial charge in [-0.25, -0.2) is 0 Å². The third-order valence-corrected chi connectivity index (χ3v) is 5.50. The van der Waals surface area contributed by atoms with E-state index < -0.39 is 17.7 Å². The third kappa shape index (κ3) is 5.94. The molecule has 0 bridgehead atoms. The highest BCUT2D eigenvalue weighted by molar-refractivity contribution is 5.69. The van der Waals surface area contributed by atoms with Crippen LogP contribution in [-0.2, 0) is 17.4 Å². The molecule has 150 valence electrons. The minimum absolute atomic E-state index is 0.106. The van der Waals surface area contributed by atoms with E-state index in [0.717, 1.165) is 37.1 Å². The van der Waals surface area contributed by atoms with E-state index in [-0.39, 0.29) is 12.6 Å². The number of alkyl halides is 3. The Morgan fingerprint density at radius 2 is 1.89 bits per heavy atom. The third-order valence-electron chi connectivity index (χ3n) is 5.50. The lowest BCUT2D eigenvalue weighted by Gasteiger charge is -2.44. The molecule has 0 saturated heterocycles. The number of aliphatic carboxylic acids is 1. The lowest BCUT2D eigenvalue weighted by atomic mass is 9.84. The molecule has 0 radical (unpaired) electrons. The molecular formula is C20H27F3N2O2. The van der Waals surface area contributed by atoms with Crippen molar-refractivity contribution in [2.75, 3.05) is 13.1 Å². The first-order valence-corrected chi connectivity index (χ1v) is 9.58. The van der Waals surface area contributed by atoms with Gasteiger partial charge in [0.1, 0.15) is 0 Å². The monoisotopic (exact) mass is 384 g/mol. The molecule has 7 heteroatoms. The summed E-state index contributed by atoms with van der Waals surface area (Å²) in [6.45, 7) is 3.02. The van der Waals surface area contributed by atoms with Crippen molar-refractivity contribution in [2.24, 2.45) is 5.92 Å². The van der Waals surface area contributed by atoms with Crippen LogP contribution in [0.5, 0.6) is 0 Å². The maximum Gasteiger partial charge on any atom is 0.416 e. The van der Waals surface area contributed by atoms with Crippen LogP contribution >= 0.6 is 0 Å². The van der Waals surface area contributed by atoms with Crippen molar-refractivity contribution in [1.82, 2.24) is 10.2 Å². The van der Waals surface area contributed by atoms with E-state index >= 15 is 0 Å². The molecule has 2 aliphatic carbocycles. The predicted octanol–water partition coefficient (Wildman–Crippen LogP) is 3.55. The predicted molar refractivity (Wildman–Crippen MR) is 96.5 cm³/mol. The molecule has 0 spiro atoms. The zero-order valence-electron chi connectivity index (χ0n) is 15.5. The molecule has 0 aromatic heterocycles. The maximum atomic E-state index is 12.6. The average molecular weight is 384 g/mol. The summed E-state index contributed by atoms with van der Waals surface area (Å²) in [6, 6.07) is 6.15. The number of nitrogens with zero attached hydrogens (tertiary/aromatic N) is 1. The minimum atomic E-state index is -4.30. The summed E-state index contributed by atoms with van der Waals surface area (Å²) in [5, 5.41) is 12.6. The number of nitrogens with one attached hydrogen (secondary N) is 1. The highest BCUT2D eigenvalue weighted by Gasteiger charge is 2.37. The van der Waals surface area contributed by atoms with E-state index in [1.807, 2.05) is 6.92 Å². The van der Waals surface area contributed by atoms with Crippen molar-refractivity contribution in [3.05, 3.63) is 35.4 Å². The molecule has 0 heterocycles. The van der Waals surface area contributed by atoms with E-state index in [0.29, 0.717) is 24.4 Å². The first kappa shape index (κ1) is 20.1. The van der Waals surface area contributed by atoms with Gasteiger partial charge in [0.25, 0.3) is 0 Å². The largest absolute Gasteiger partial charge is 0.480 e. The standard InChI is InChI=1S/C20H27F3N2O2/c1-13(8-14-4-6-16(7-5-14)20(21,22)23)24-17-9-18(10-17)25(12-19(26)27)11-15-2-3-15/h4-7,13,15,17-18,24H,2-3,8-12H2,1H3,(H,26,27). The number of carbonyl (C=O) groups is 1. The molecule has 4 nitrogen and oxygen atoms in total. The van der Waals surface area contributed by atoms with Gasteiger partial charge in [0, 0.05) is 24.7 Å². The Bertz CT molecular complexity index is 638. The topological polar surface area (TPSA) is 52.6 Å². The van der Waals surface area contributed by atoms with Crippen LogP contribution in [0.1, 0.15) is 43.7 Å². The summed E-state index contributed by atoms with van der Waals surface area (Å²) in [4.78, 5) is 13.2. The highest BCUT2D eigenvalue weighted by atomic mass is 19.4. The summed E-state index contributed by atoms with van der Waals surface area (Å²) in [5.74, 6) is -0.113. The normalized spacial score (nSPS) is 23.9. The van der Waals surface area contributed by atoms with Gasteiger partial charge < -0.3 is 10.4 Å². The van der Waals surface area contributed by atoms with E-state index in [9.17, 15) is 18.0 Å². The van der Waals surface area contributed by atoms with Crippen molar-refractivity contribution in [2.45, 2.75) is 63.3 Å². The van der Waals surface area contributed by atoms with Gasteiger partial charge in [-0.15, -0.1) is 0 Å². The van der Waals surface area contributed by atoms with Gasteiger partial charge in [0.05, 0.1) is 12.1 Å². The highest BCUT2D eigenvalue weighted by Crippen LogP contribution is 2.34. The van der Waals surface area contributed by atoms with Crippen molar-refractivity contribution in [3.63, 3.8) is 0 Å².